The second-order valence-corrected chi connectivity index (χ2v) is 3.23. The van der Waals surface area contributed by atoms with Crippen molar-refractivity contribution in [2.75, 3.05) is 13.1 Å². The van der Waals surface area contributed by atoms with Gasteiger partial charge in [-0.1, -0.05) is 18.2 Å². The molecule has 1 aliphatic heterocycles. The summed E-state index contributed by atoms with van der Waals surface area (Å²) in [6.45, 7) is 1.99. The number of rotatable bonds is 0. The summed E-state index contributed by atoms with van der Waals surface area (Å²) < 4.78 is 0. The van der Waals surface area contributed by atoms with Crippen molar-refractivity contribution in [3.8, 4) is 5.88 Å². The third kappa shape index (κ3) is 2.49. The van der Waals surface area contributed by atoms with E-state index < -0.39 is 0 Å². The van der Waals surface area contributed by atoms with Gasteiger partial charge in [0.2, 0.25) is 0 Å². The van der Waals surface area contributed by atoms with Gasteiger partial charge in [0.05, 0.1) is 12.9 Å². The molecule has 4 heteroatoms. The number of H-pyrrole nitrogens is 1. The quantitative estimate of drug-likeness (QED) is 0.607. The summed E-state index contributed by atoms with van der Waals surface area (Å²) in [6, 6.07) is 9.45. The molecule has 0 spiro atoms. The lowest BCUT2D eigenvalue weighted by Gasteiger charge is -1.83. The number of hydrogen-bond donors (Lipinski definition) is 3. The van der Waals surface area contributed by atoms with E-state index in [0.29, 0.717) is 0 Å². The zero-order valence-electron chi connectivity index (χ0n) is 8.27. The van der Waals surface area contributed by atoms with Gasteiger partial charge in [-0.15, -0.1) is 0 Å². The minimum absolute atomic E-state index is 0.223. The SMILES string of the molecule is C1=NCCN1.Oc1cc2ccccc2[nH]1. The zero-order chi connectivity index (χ0) is 10.5. The maximum atomic E-state index is 9.00. The molecule has 0 amide bonds. The third-order valence-corrected chi connectivity index (χ3v) is 2.08. The molecule has 3 rings (SSSR count). The Morgan fingerprint density at radius 3 is 2.73 bits per heavy atom. The number of fused-ring (bicyclic) bond motifs is 1. The Morgan fingerprint density at radius 1 is 1.27 bits per heavy atom. The Hall–Kier alpha value is -1.97. The van der Waals surface area contributed by atoms with Crippen LogP contribution in [0.25, 0.3) is 10.9 Å². The van der Waals surface area contributed by atoms with Gasteiger partial charge in [0.25, 0.3) is 0 Å². The largest absolute Gasteiger partial charge is 0.495 e. The zero-order valence-corrected chi connectivity index (χ0v) is 8.27. The maximum absolute atomic E-state index is 9.00. The van der Waals surface area contributed by atoms with Crippen LogP contribution in [0, 0.1) is 0 Å². The number of aliphatic imine (C=N–C) groups is 1. The normalized spacial score (nSPS) is 13.3. The fourth-order valence-corrected chi connectivity index (χ4v) is 1.38. The van der Waals surface area contributed by atoms with Crippen LogP contribution in [0.1, 0.15) is 0 Å². The van der Waals surface area contributed by atoms with E-state index in [1.165, 1.54) is 0 Å². The van der Waals surface area contributed by atoms with Crippen LogP contribution in [-0.2, 0) is 0 Å². The van der Waals surface area contributed by atoms with Gasteiger partial charge in [0.15, 0.2) is 5.88 Å². The third-order valence-electron chi connectivity index (χ3n) is 2.08. The maximum Gasteiger partial charge on any atom is 0.189 e. The molecule has 3 N–H and O–H groups in total. The highest BCUT2D eigenvalue weighted by Crippen LogP contribution is 2.17. The highest BCUT2D eigenvalue weighted by Gasteiger charge is 1.94. The molecule has 1 aromatic carbocycles. The number of hydrogen-bond acceptors (Lipinski definition) is 3. The lowest BCUT2D eigenvalue weighted by Crippen LogP contribution is -2.04. The van der Waals surface area contributed by atoms with Crippen molar-refractivity contribution < 1.29 is 5.11 Å². The molecule has 0 saturated heterocycles. The van der Waals surface area contributed by atoms with Crippen molar-refractivity contribution in [1.29, 1.82) is 0 Å². The van der Waals surface area contributed by atoms with Gasteiger partial charge in [-0.25, -0.2) is 0 Å². The van der Waals surface area contributed by atoms with Crippen molar-refractivity contribution in [3.63, 3.8) is 0 Å². The van der Waals surface area contributed by atoms with E-state index in [4.69, 9.17) is 5.11 Å². The summed E-state index contributed by atoms with van der Waals surface area (Å²) in [4.78, 5) is 6.66. The van der Waals surface area contributed by atoms with Gasteiger partial charge in [-0.2, -0.15) is 0 Å². The van der Waals surface area contributed by atoms with Crippen LogP contribution in [0.5, 0.6) is 5.88 Å². The molecule has 1 aromatic heterocycles. The second-order valence-electron chi connectivity index (χ2n) is 3.23. The molecule has 0 atom stereocenters. The fourth-order valence-electron chi connectivity index (χ4n) is 1.38. The monoisotopic (exact) mass is 203 g/mol. The molecule has 0 unspecified atom stereocenters. The van der Waals surface area contributed by atoms with Gasteiger partial charge in [-0.05, 0) is 6.07 Å². The average Bonchev–Trinajstić information content (AvgIpc) is 2.87. The molecule has 78 valence electrons. The summed E-state index contributed by atoms with van der Waals surface area (Å²) >= 11 is 0. The molecular formula is C11H13N3O. The smallest absolute Gasteiger partial charge is 0.189 e. The number of para-hydroxylation sites is 1. The summed E-state index contributed by atoms with van der Waals surface area (Å²) in [5.74, 6) is 0.223. The number of nitrogens with one attached hydrogen (secondary N) is 2. The van der Waals surface area contributed by atoms with E-state index in [1.807, 2.05) is 24.3 Å². The van der Waals surface area contributed by atoms with Gasteiger partial charge >= 0.3 is 0 Å². The van der Waals surface area contributed by atoms with E-state index in [0.717, 1.165) is 24.0 Å². The van der Waals surface area contributed by atoms with Gasteiger partial charge in [0, 0.05) is 23.5 Å². The van der Waals surface area contributed by atoms with Gasteiger partial charge in [-0.3, -0.25) is 4.99 Å². The van der Waals surface area contributed by atoms with E-state index in [9.17, 15) is 0 Å². The van der Waals surface area contributed by atoms with Crippen molar-refractivity contribution in [1.82, 2.24) is 10.3 Å². The summed E-state index contributed by atoms with van der Waals surface area (Å²) in [7, 11) is 0. The summed E-state index contributed by atoms with van der Waals surface area (Å²) in [6.07, 6.45) is 1.74. The van der Waals surface area contributed by atoms with Gasteiger partial charge in [0.1, 0.15) is 0 Å². The lowest BCUT2D eigenvalue weighted by atomic mass is 10.3. The first-order valence-corrected chi connectivity index (χ1v) is 4.84. The molecular weight excluding hydrogens is 190 g/mol. The Kier molecular flexibility index (Phi) is 2.88. The van der Waals surface area contributed by atoms with Crippen LogP contribution in [0.3, 0.4) is 0 Å². The van der Waals surface area contributed by atoms with E-state index in [-0.39, 0.29) is 5.88 Å². The molecule has 4 nitrogen and oxygen atoms in total. The van der Waals surface area contributed by atoms with E-state index in [1.54, 1.807) is 12.4 Å². The van der Waals surface area contributed by atoms with Crippen LogP contribution in [0.4, 0.5) is 0 Å². The second kappa shape index (κ2) is 4.50. The number of nitrogens with zero attached hydrogens (tertiary/aromatic N) is 1. The molecule has 15 heavy (non-hydrogen) atoms. The molecule has 2 heterocycles. The molecule has 1 aliphatic rings. The van der Waals surface area contributed by atoms with E-state index in [2.05, 4.69) is 15.3 Å². The van der Waals surface area contributed by atoms with Crippen LogP contribution in [-0.4, -0.2) is 29.5 Å². The van der Waals surface area contributed by atoms with E-state index >= 15 is 0 Å². The Labute approximate surface area is 87.7 Å². The fraction of sp³-hybridized carbons (Fsp3) is 0.182. The van der Waals surface area contributed by atoms with Crippen molar-refractivity contribution in [3.05, 3.63) is 30.3 Å². The summed E-state index contributed by atoms with van der Waals surface area (Å²) in [5, 5.41) is 13.0. The average molecular weight is 203 g/mol. The van der Waals surface area contributed by atoms with Crippen molar-refractivity contribution >= 4 is 17.2 Å². The molecule has 0 aliphatic carbocycles. The predicted molar refractivity (Wildman–Crippen MR) is 61.3 cm³/mol. The Morgan fingerprint density at radius 2 is 2.13 bits per heavy atom. The number of aromatic amines is 1. The molecule has 0 bridgehead atoms. The standard InChI is InChI=1S/C8H7NO.C3H6N2/c10-8-5-6-3-1-2-4-7(6)9-8;1-2-5-3-4-1/h1-5,9-10H;3H,1-2H2,(H,4,5). The Balaban J connectivity index is 0.000000144. The molecule has 0 radical (unpaired) electrons. The number of aromatic hydroxyl groups is 1. The van der Waals surface area contributed by atoms with Crippen LogP contribution < -0.4 is 5.32 Å². The molecule has 0 fully saturated rings. The first-order chi connectivity index (χ1) is 7.36. The van der Waals surface area contributed by atoms with Crippen LogP contribution >= 0.6 is 0 Å². The lowest BCUT2D eigenvalue weighted by molar-refractivity contribution is 0.458. The highest BCUT2D eigenvalue weighted by atomic mass is 16.3. The predicted octanol–water partition coefficient (Wildman–Crippen LogP) is 1.49. The van der Waals surface area contributed by atoms with Crippen LogP contribution in [0.15, 0.2) is 35.3 Å². The highest BCUT2D eigenvalue weighted by molar-refractivity contribution is 5.80. The Bertz CT molecular complexity index is 423. The minimum atomic E-state index is 0.223. The van der Waals surface area contributed by atoms with Crippen LogP contribution in [0.2, 0.25) is 0 Å². The summed E-state index contributed by atoms with van der Waals surface area (Å²) in [5.41, 5.74) is 0.972. The number of benzene rings is 1. The molecule has 2 aromatic rings. The van der Waals surface area contributed by atoms with Crippen molar-refractivity contribution in [2.45, 2.75) is 0 Å². The van der Waals surface area contributed by atoms with Gasteiger partial charge < -0.3 is 15.4 Å². The first kappa shape index (κ1) is 9.58. The minimum Gasteiger partial charge on any atom is -0.495 e. The number of aromatic nitrogens is 1. The van der Waals surface area contributed by atoms with Crippen molar-refractivity contribution in [2.24, 2.45) is 4.99 Å². The molecule has 0 saturated carbocycles. The first-order valence-electron chi connectivity index (χ1n) is 4.84. The topological polar surface area (TPSA) is 60.4 Å².